The first kappa shape index (κ1) is 12.0. The van der Waals surface area contributed by atoms with Crippen molar-refractivity contribution in [3.63, 3.8) is 0 Å². The maximum Gasteiger partial charge on any atom is 0.0995 e. The van der Waals surface area contributed by atoms with Gasteiger partial charge in [0, 0.05) is 31.0 Å². The predicted molar refractivity (Wildman–Crippen MR) is 74.6 cm³/mol. The van der Waals surface area contributed by atoms with Crippen LogP contribution >= 0.6 is 0 Å². The number of rotatable bonds is 5. The normalized spacial score (nSPS) is 14.3. The second-order valence-electron chi connectivity index (χ2n) is 5.05. The first-order chi connectivity index (χ1) is 9.36. The van der Waals surface area contributed by atoms with Gasteiger partial charge in [0.25, 0.3) is 0 Å². The first-order valence-corrected chi connectivity index (χ1v) is 6.72. The summed E-state index contributed by atoms with van der Waals surface area (Å²) in [5.41, 5.74) is 3.12. The fourth-order valence-electron chi connectivity index (χ4n) is 2.25. The van der Waals surface area contributed by atoms with E-state index >= 15 is 0 Å². The molecule has 1 aromatic heterocycles. The van der Waals surface area contributed by atoms with Gasteiger partial charge < -0.3 is 9.88 Å². The van der Waals surface area contributed by atoms with Crippen LogP contribution in [0.2, 0.25) is 0 Å². The van der Waals surface area contributed by atoms with Crippen molar-refractivity contribution in [2.75, 3.05) is 0 Å². The quantitative estimate of drug-likeness (QED) is 0.887. The molecule has 2 aromatic rings. The van der Waals surface area contributed by atoms with E-state index in [0.717, 1.165) is 30.3 Å². The van der Waals surface area contributed by atoms with Gasteiger partial charge in [-0.3, -0.25) is 0 Å². The smallest absolute Gasteiger partial charge is 0.0995 e. The van der Waals surface area contributed by atoms with E-state index in [2.05, 4.69) is 34.3 Å². The number of nitrogens with one attached hydrogen (secondary N) is 1. The Morgan fingerprint density at radius 1 is 1.21 bits per heavy atom. The Morgan fingerprint density at radius 2 is 2.05 bits per heavy atom. The summed E-state index contributed by atoms with van der Waals surface area (Å²) in [6.07, 6.45) is 4.69. The predicted octanol–water partition coefficient (Wildman–Crippen LogP) is 2.66. The van der Waals surface area contributed by atoms with Gasteiger partial charge >= 0.3 is 0 Å². The van der Waals surface area contributed by atoms with E-state index in [9.17, 15) is 0 Å². The lowest BCUT2D eigenvalue weighted by atomic mass is 10.1. The van der Waals surface area contributed by atoms with Crippen LogP contribution in [0.4, 0.5) is 0 Å². The topological polar surface area (TPSA) is 40.8 Å². The summed E-state index contributed by atoms with van der Waals surface area (Å²) in [5.74, 6) is 0. The van der Waals surface area contributed by atoms with E-state index in [1.807, 2.05) is 24.3 Å². The lowest BCUT2D eigenvalue weighted by Gasteiger charge is -2.11. The molecule has 0 radical (unpaired) electrons. The summed E-state index contributed by atoms with van der Waals surface area (Å²) >= 11 is 0. The van der Waals surface area contributed by atoms with Crippen molar-refractivity contribution >= 4 is 0 Å². The van der Waals surface area contributed by atoms with Crippen molar-refractivity contribution in [1.82, 2.24) is 9.88 Å². The molecule has 1 fully saturated rings. The molecule has 1 heterocycles. The first-order valence-electron chi connectivity index (χ1n) is 6.72. The summed E-state index contributed by atoms with van der Waals surface area (Å²) in [6, 6.07) is 15.0. The Balaban J connectivity index is 1.75. The maximum atomic E-state index is 9.13. The molecule has 1 N–H and O–H groups in total. The summed E-state index contributed by atoms with van der Waals surface area (Å²) < 4.78 is 2.21. The van der Waals surface area contributed by atoms with Crippen LogP contribution in [0, 0.1) is 11.3 Å². The number of hydrogen-bond donors (Lipinski definition) is 1. The third-order valence-corrected chi connectivity index (χ3v) is 3.55. The number of hydrogen-bond acceptors (Lipinski definition) is 2. The molecule has 0 bridgehead atoms. The number of nitriles is 1. The van der Waals surface area contributed by atoms with Crippen LogP contribution in [0.5, 0.6) is 0 Å². The molecule has 1 aliphatic rings. The summed E-state index contributed by atoms with van der Waals surface area (Å²) in [4.78, 5) is 0. The highest BCUT2D eigenvalue weighted by Crippen LogP contribution is 2.19. The van der Waals surface area contributed by atoms with Gasteiger partial charge in [0.1, 0.15) is 0 Å². The minimum Gasteiger partial charge on any atom is -0.346 e. The van der Waals surface area contributed by atoms with Crippen LogP contribution in [0.3, 0.4) is 0 Å². The lowest BCUT2D eigenvalue weighted by Crippen LogP contribution is -2.18. The Bertz CT molecular complexity index is 602. The molecule has 0 amide bonds. The molecule has 19 heavy (non-hydrogen) atoms. The largest absolute Gasteiger partial charge is 0.346 e. The molecule has 1 aliphatic carbocycles. The van der Waals surface area contributed by atoms with E-state index in [0.29, 0.717) is 0 Å². The van der Waals surface area contributed by atoms with Crippen LogP contribution in [-0.2, 0) is 13.1 Å². The molecule has 0 saturated heterocycles. The maximum absolute atomic E-state index is 9.13. The molecule has 3 rings (SSSR count). The molecule has 3 heteroatoms. The summed E-state index contributed by atoms with van der Waals surface area (Å²) in [5, 5.41) is 12.7. The number of aromatic nitrogens is 1. The molecule has 3 nitrogen and oxygen atoms in total. The van der Waals surface area contributed by atoms with Gasteiger partial charge in [0.15, 0.2) is 0 Å². The van der Waals surface area contributed by atoms with Crippen LogP contribution in [0.15, 0.2) is 42.6 Å². The molecule has 0 spiro atoms. The molecule has 0 aliphatic heterocycles. The Labute approximate surface area is 113 Å². The van der Waals surface area contributed by atoms with Gasteiger partial charge in [-0.05, 0) is 36.6 Å². The van der Waals surface area contributed by atoms with Gasteiger partial charge in [0.05, 0.1) is 11.6 Å². The minimum atomic E-state index is 0.717. The van der Waals surface area contributed by atoms with Crippen molar-refractivity contribution in [3.05, 3.63) is 59.4 Å². The second-order valence-corrected chi connectivity index (χ2v) is 5.05. The van der Waals surface area contributed by atoms with Crippen molar-refractivity contribution in [2.24, 2.45) is 0 Å². The summed E-state index contributed by atoms with van der Waals surface area (Å²) in [7, 11) is 0. The van der Waals surface area contributed by atoms with Gasteiger partial charge in [-0.25, -0.2) is 0 Å². The van der Waals surface area contributed by atoms with E-state index < -0.39 is 0 Å². The number of benzene rings is 1. The van der Waals surface area contributed by atoms with Crippen molar-refractivity contribution in [1.29, 1.82) is 5.26 Å². The van der Waals surface area contributed by atoms with Crippen LogP contribution in [-0.4, -0.2) is 10.6 Å². The third kappa shape index (κ3) is 2.86. The fraction of sp³-hybridized carbons (Fsp3) is 0.312. The van der Waals surface area contributed by atoms with E-state index in [-0.39, 0.29) is 0 Å². The Kier molecular flexibility index (Phi) is 3.35. The highest BCUT2D eigenvalue weighted by molar-refractivity contribution is 5.37. The van der Waals surface area contributed by atoms with Gasteiger partial charge in [-0.15, -0.1) is 0 Å². The minimum absolute atomic E-state index is 0.717. The Morgan fingerprint density at radius 3 is 2.84 bits per heavy atom. The van der Waals surface area contributed by atoms with Crippen molar-refractivity contribution in [3.8, 4) is 6.07 Å². The molecular weight excluding hydrogens is 234 g/mol. The Hall–Kier alpha value is -2.05. The zero-order valence-electron chi connectivity index (χ0n) is 10.8. The number of nitrogens with zero attached hydrogens (tertiary/aromatic N) is 2. The molecular formula is C16H17N3. The second kappa shape index (κ2) is 5.29. The molecule has 96 valence electrons. The lowest BCUT2D eigenvalue weighted by molar-refractivity contribution is 0.634. The van der Waals surface area contributed by atoms with E-state index in [4.69, 9.17) is 5.26 Å². The summed E-state index contributed by atoms with van der Waals surface area (Å²) in [6.45, 7) is 1.67. The van der Waals surface area contributed by atoms with Crippen molar-refractivity contribution < 1.29 is 0 Å². The molecule has 1 aromatic carbocycles. The molecule has 0 atom stereocenters. The average molecular weight is 251 g/mol. The van der Waals surface area contributed by atoms with Gasteiger partial charge in [0.2, 0.25) is 0 Å². The highest BCUT2D eigenvalue weighted by atomic mass is 15.0. The standard InChI is InChI=1S/C16H17N3/c17-10-13-4-1-2-5-14(13)12-19-9-3-6-16(19)11-18-15-7-8-15/h1-6,9,15,18H,7-8,11-12H2. The van der Waals surface area contributed by atoms with Gasteiger partial charge in [-0.1, -0.05) is 18.2 Å². The van der Waals surface area contributed by atoms with Gasteiger partial charge in [-0.2, -0.15) is 5.26 Å². The van der Waals surface area contributed by atoms with Crippen LogP contribution < -0.4 is 5.32 Å². The SMILES string of the molecule is N#Cc1ccccc1Cn1cccc1CNC1CC1. The molecule has 1 saturated carbocycles. The van der Waals surface area contributed by atoms with E-state index in [1.54, 1.807) is 0 Å². The molecule has 0 unspecified atom stereocenters. The average Bonchev–Trinajstić information content (AvgIpc) is 3.17. The zero-order valence-corrected chi connectivity index (χ0v) is 10.8. The van der Waals surface area contributed by atoms with E-state index in [1.165, 1.54) is 18.5 Å². The zero-order chi connectivity index (χ0) is 13.1. The monoisotopic (exact) mass is 251 g/mol. The third-order valence-electron chi connectivity index (χ3n) is 3.55. The highest BCUT2D eigenvalue weighted by Gasteiger charge is 2.20. The van der Waals surface area contributed by atoms with Crippen LogP contribution in [0.1, 0.15) is 29.7 Å². The van der Waals surface area contributed by atoms with Crippen molar-refractivity contribution in [2.45, 2.75) is 32.0 Å². The fourth-order valence-corrected chi connectivity index (χ4v) is 2.25. The van der Waals surface area contributed by atoms with Crippen LogP contribution in [0.25, 0.3) is 0 Å².